The van der Waals surface area contributed by atoms with Gasteiger partial charge in [0, 0.05) is 19.3 Å². The summed E-state index contributed by atoms with van der Waals surface area (Å²) in [5.41, 5.74) is 1.68. The zero-order valence-electron chi connectivity index (χ0n) is 18.2. The first-order chi connectivity index (χ1) is 16.0. The minimum absolute atomic E-state index is 0.102. The number of hydrogen-bond acceptors (Lipinski definition) is 6. The fourth-order valence-corrected chi connectivity index (χ4v) is 3.81. The zero-order valence-corrected chi connectivity index (χ0v) is 19.0. The largest absolute Gasteiger partial charge is 0.489 e. The van der Waals surface area contributed by atoms with Crippen molar-refractivity contribution in [3.63, 3.8) is 0 Å². The van der Waals surface area contributed by atoms with Crippen LogP contribution in [0.25, 0.3) is 0 Å². The first kappa shape index (κ1) is 24.2. The maximum absolute atomic E-state index is 12.2. The number of anilines is 1. The van der Waals surface area contributed by atoms with E-state index >= 15 is 0 Å². The third-order valence-electron chi connectivity index (χ3n) is 4.49. The van der Waals surface area contributed by atoms with Gasteiger partial charge in [-0.3, -0.25) is 4.79 Å². The van der Waals surface area contributed by atoms with Gasteiger partial charge in [-0.2, -0.15) is 0 Å². The van der Waals surface area contributed by atoms with E-state index in [1.165, 1.54) is 31.4 Å². The Morgan fingerprint density at radius 2 is 1.48 bits per heavy atom. The Labute approximate surface area is 193 Å². The monoisotopic (exact) mass is 470 g/mol. The quantitative estimate of drug-likeness (QED) is 0.394. The maximum atomic E-state index is 12.2. The molecule has 2 N–H and O–H groups in total. The second kappa shape index (κ2) is 12.0. The highest BCUT2D eigenvalue weighted by Crippen LogP contribution is 2.18. The molecule has 0 bridgehead atoms. The molecule has 1 amide bonds. The summed E-state index contributed by atoms with van der Waals surface area (Å²) in [6.07, 6.45) is 0. The van der Waals surface area contributed by atoms with E-state index in [1.54, 1.807) is 24.3 Å². The molecule has 0 aliphatic carbocycles. The molecule has 0 aliphatic rings. The number of carbonyl (C=O) groups excluding carboxylic acids is 1. The van der Waals surface area contributed by atoms with E-state index in [1.807, 2.05) is 30.3 Å². The summed E-state index contributed by atoms with van der Waals surface area (Å²) in [4.78, 5) is 12.3. The Bertz CT molecular complexity index is 1120. The standard InChI is InChI=1S/C24H26N2O6S/c1-30-16-15-25-33(28,29)23-13-11-22(12-14-23)32-18-24(27)26-20-7-9-21(10-8-20)31-17-19-5-3-2-4-6-19/h2-14,25H,15-18H2,1H3,(H,26,27). The lowest BCUT2D eigenvalue weighted by atomic mass is 10.2. The Balaban J connectivity index is 1.44. The molecule has 0 fully saturated rings. The zero-order chi connectivity index (χ0) is 23.5. The molecule has 0 atom stereocenters. The van der Waals surface area contributed by atoms with Crippen LogP contribution in [0.5, 0.6) is 11.5 Å². The van der Waals surface area contributed by atoms with Gasteiger partial charge in [0.25, 0.3) is 5.91 Å². The molecule has 0 spiro atoms. The van der Waals surface area contributed by atoms with E-state index in [0.717, 1.165) is 5.56 Å². The van der Waals surface area contributed by atoms with E-state index in [0.29, 0.717) is 23.8 Å². The van der Waals surface area contributed by atoms with Crippen molar-refractivity contribution in [1.82, 2.24) is 4.72 Å². The highest BCUT2D eigenvalue weighted by molar-refractivity contribution is 7.89. The second-order valence-corrected chi connectivity index (χ2v) is 8.76. The molecule has 0 aliphatic heterocycles. The number of benzene rings is 3. The Kier molecular flexibility index (Phi) is 8.82. The van der Waals surface area contributed by atoms with Gasteiger partial charge >= 0.3 is 0 Å². The van der Waals surface area contributed by atoms with Crippen molar-refractivity contribution in [3.05, 3.63) is 84.4 Å². The third-order valence-corrected chi connectivity index (χ3v) is 5.97. The van der Waals surface area contributed by atoms with Crippen LogP contribution in [0.15, 0.2) is 83.8 Å². The van der Waals surface area contributed by atoms with Crippen LogP contribution in [0.1, 0.15) is 5.56 Å². The Morgan fingerprint density at radius 3 is 2.15 bits per heavy atom. The van der Waals surface area contributed by atoms with Gasteiger partial charge in [0.15, 0.2) is 6.61 Å². The fraction of sp³-hybridized carbons (Fsp3) is 0.208. The molecule has 3 aromatic carbocycles. The van der Waals surface area contributed by atoms with Crippen LogP contribution in [-0.4, -0.2) is 41.2 Å². The van der Waals surface area contributed by atoms with Crippen LogP contribution in [0, 0.1) is 0 Å². The van der Waals surface area contributed by atoms with Crippen molar-refractivity contribution in [2.75, 3.05) is 32.2 Å². The minimum atomic E-state index is -3.62. The van der Waals surface area contributed by atoms with E-state index in [2.05, 4.69) is 10.0 Å². The first-order valence-electron chi connectivity index (χ1n) is 10.2. The van der Waals surface area contributed by atoms with E-state index in [-0.39, 0.29) is 30.6 Å². The predicted molar refractivity (Wildman–Crippen MR) is 125 cm³/mol. The average molecular weight is 471 g/mol. The molecular weight excluding hydrogens is 444 g/mol. The van der Waals surface area contributed by atoms with E-state index in [4.69, 9.17) is 14.2 Å². The first-order valence-corrected chi connectivity index (χ1v) is 11.7. The van der Waals surface area contributed by atoms with Crippen molar-refractivity contribution in [3.8, 4) is 11.5 Å². The van der Waals surface area contributed by atoms with Crippen LogP contribution < -0.4 is 19.5 Å². The number of rotatable bonds is 12. The van der Waals surface area contributed by atoms with Crippen LogP contribution in [0.3, 0.4) is 0 Å². The van der Waals surface area contributed by atoms with E-state index < -0.39 is 10.0 Å². The molecule has 0 aromatic heterocycles. The van der Waals surface area contributed by atoms with Gasteiger partial charge in [0.1, 0.15) is 18.1 Å². The predicted octanol–water partition coefficient (Wildman–Crippen LogP) is 3.21. The van der Waals surface area contributed by atoms with Crippen molar-refractivity contribution < 1.29 is 27.4 Å². The SMILES string of the molecule is COCCNS(=O)(=O)c1ccc(OCC(=O)Nc2ccc(OCc3ccccc3)cc2)cc1. The smallest absolute Gasteiger partial charge is 0.262 e. The highest BCUT2D eigenvalue weighted by Gasteiger charge is 2.13. The lowest BCUT2D eigenvalue weighted by Gasteiger charge is -2.10. The van der Waals surface area contributed by atoms with Crippen LogP contribution >= 0.6 is 0 Å². The molecule has 0 radical (unpaired) electrons. The van der Waals surface area contributed by atoms with Crippen LogP contribution in [-0.2, 0) is 26.2 Å². The van der Waals surface area contributed by atoms with Gasteiger partial charge in [-0.1, -0.05) is 30.3 Å². The number of carbonyl (C=O) groups is 1. The third kappa shape index (κ3) is 7.90. The molecule has 0 saturated carbocycles. The van der Waals surface area contributed by atoms with Gasteiger partial charge < -0.3 is 19.5 Å². The van der Waals surface area contributed by atoms with Gasteiger partial charge in [0.2, 0.25) is 10.0 Å². The lowest BCUT2D eigenvalue weighted by molar-refractivity contribution is -0.118. The molecule has 8 nitrogen and oxygen atoms in total. The van der Waals surface area contributed by atoms with Crippen molar-refractivity contribution in [2.24, 2.45) is 0 Å². The molecule has 3 rings (SSSR count). The summed E-state index contributed by atoms with van der Waals surface area (Å²) < 4.78 is 42.7. The molecule has 174 valence electrons. The Hall–Kier alpha value is -3.40. The maximum Gasteiger partial charge on any atom is 0.262 e. The van der Waals surface area contributed by atoms with Crippen LogP contribution in [0.4, 0.5) is 5.69 Å². The topological polar surface area (TPSA) is 103 Å². The summed E-state index contributed by atoms with van der Waals surface area (Å²) in [5, 5.41) is 2.74. The molecule has 0 heterocycles. The van der Waals surface area contributed by atoms with Gasteiger partial charge in [-0.25, -0.2) is 13.1 Å². The molecule has 0 saturated heterocycles. The van der Waals surface area contributed by atoms with Gasteiger partial charge in [-0.15, -0.1) is 0 Å². The van der Waals surface area contributed by atoms with Crippen LogP contribution in [0.2, 0.25) is 0 Å². The fourth-order valence-electron chi connectivity index (χ4n) is 2.80. The second-order valence-electron chi connectivity index (χ2n) is 7.00. The average Bonchev–Trinajstić information content (AvgIpc) is 2.83. The summed E-state index contributed by atoms with van der Waals surface area (Å²) in [6.45, 7) is 0.699. The van der Waals surface area contributed by atoms with Crippen molar-refractivity contribution in [2.45, 2.75) is 11.5 Å². The van der Waals surface area contributed by atoms with Crippen molar-refractivity contribution >= 4 is 21.6 Å². The van der Waals surface area contributed by atoms with Gasteiger partial charge in [-0.05, 0) is 54.1 Å². The minimum Gasteiger partial charge on any atom is -0.489 e. The summed E-state index contributed by atoms with van der Waals surface area (Å²) in [6, 6.07) is 22.7. The summed E-state index contributed by atoms with van der Waals surface area (Å²) in [5.74, 6) is 0.733. The highest BCUT2D eigenvalue weighted by atomic mass is 32.2. The van der Waals surface area contributed by atoms with Gasteiger partial charge in [0.05, 0.1) is 11.5 Å². The number of amides is 1. The molecular formula is C24H26N2O6S. The number of sulfonamides is 1. The molecule has 3 aromatic rings. The molecule has 9 heteroatoms. The number of nitrogens with one attached hydrogen (secondary N) is 2. The summed E-state index contributed by atoms with van der Waals surface area (Å²) >= 11 is 0. The van der Waals surface area contributed by atoms with Crippen molar-refractivity contribution in [1.29, 1.82) is 0 Å². The summed E-state index contributed by atoms with van der Waals surface area (Å²) in [7, 11) is -2.13. The molecule has 33 heavy (non-hydrogen) atoms. The van der Waals surface area contributed by atoms with E-state index in [9.17, 15) is 13.2 Å². The number of hydrogen-bond donors (Lipinski definition) is 2. The molecule has 0 unspecified atom stereocenters. The Morgan fingerprint density at radius 1 is 0.848 bits per heavy atom. The normalized spacial score (nSPS) is 11.1. The number of ether oxygens (including phenoxy) is 3. The lowest BCUT2D eigenvalue weighted by Crippen LogP contribution is -2.27. The number of methoxy groups -OCH3 is 1.